The third-order valence-electron chi connectivity index (χ3n) is 4.24. The number of aliphatic carboxylic acids is 1. The molecule has 0 saturated heterocycles. The molecule has 0 bridgehead atoms. The average Bonchev–Trinajstić information content (AvgIpc) is 2.74. The Kier molecular flexibility index (Phi) is 6.10. The average molecular weight is 407 g/mol. The quantitative estimate of drug-likeness (QED) is 0.465. The fourth-order valence-electron chi connectivity index (χ4n) is 2.74. The molecular formula is C21H17N3O6. The predicted molar refractivity (Wildman–Crippen MR) is 105 cm³/mol. The SMILES string of the molecule is N#Cc1nc(C(=O)NCCC(O)C(=O)O)c(O)c2ccc(Oc3ccccc3)cc12. The molecule has 0 aliphatic carbocycles. The van der Waals surface area contributed by atoms with Crippen molar-refractivity contribution in [3.63, 3.8) is 0 Å². The third-order valence-corrected chi connectivity index (χ3v) is 4.24. The van der Waals surface area contributed by atoms with Crippen LogP contribution >= 0.6 is 0 Å². The Balaban J connectivity index is 1.88. The number of nitrogens with one attached hydrogen (secondary N) is 1. The number of aliphatic hydroxyl groups excluding tert-OH is 1. The number of benzene rings is 2. The molecule has 1 aromatic heterocycles. The number of carbonyl (C=O) groups excluding carboxylic acids is 1. The van der Waals surface area contributed by atoms with E-state index in [0.717, 1.165) is 0 Å². The predicted octanol–water partition coefficient (Wildman–Crippen LogP) is 2.17. The molecule has 30 heavy (non-hydrogen) atoms. The molecule has 4 N–H and O–H groups in total. The first-order valence-corrected chi connectivity index (χ1v) is 8.89. The van der Waals surface area contributed by atoms with Gasteiger partial charge in [-0.3, -0.25) is 4.79 Å². The first kappa shape index (κ1) is 20.6. The number of fused-ring (bicyclic) bond motifs is 1. The van der Waals surface area contributed by atoms with Gasteiger partial charge in [0.1, 0.15) is 23.3 Å². The molecule has 1 heterocycles. The summed E-state index contributed by atoms with van der Waals surface area (Å²) in [7, 11) is 0. The van der Waals surface area contributed by atoms with Crippen LogP contribution in [0.15, 0.2) is 48.5 Å². The number of para-hydroxylation sites is 1. The second-order valence-corrected chi connectivity index (χ2v) is 6.29. The minimum atomic E-state index is -1.62. The van der Waals surface area contributed by atoms with Gasteiger partial charge in [-0.15, -0.1) is 0 Å². The minimum absolute atomic E-state index is 0.0861. The number of aliphatic hydroxyl groups is 1. The number of aromatic hydroxyl groups is 1. The number of carbonyl (C=O) groups is 2. The van der Waals surface area contributed by atoms with Crippen molar-refractivity contribution in [1.82, 2.24) is 10.3 Å². The van der Waals surface area contributed by atoms with Crippen LogP contribution in [-0.4, -0.2) is 44.8 Å². The van der Waals surface area contributed by atoms with Gasteiger partial charge in [-0.05, 0) is 30.3 Å². The van der Waals surface area contributed by atoms with E-state index in [9.17, 15) is 25.1 Å². The van der Waals surface area contributed by atoms with Gasteiger partial charge in [0.25, 0.3) is 5.91 Å². The van der Waals surface area contributed by atoms with E-state index in [1.807, 2.05) is 24.3 Å². The molecule has 2 aromatic carbocycles. The van der Waals surface area contributed by atoms with Crippen molar-refractivity contribution in [3.05, 3.63) is 59.9 Å². The molecule has 0 radical (unpaired) electrons. The second kappa shape index (κ2) is 8.89. The van der Waals surface area contributed by atoms with Crippen molar-refractivity contribution >= 4 is 22.6 Å². The van der Waals surface area contributed by atoms with E-state index < -0.39 is 23.7 Å². The molecule has 152 valence electrons. The van der Waals surface area contributed by atoms with Gasteiger partial charge in [-0.1, -0.05) is 18.2 Å². The van der Waals surface area contributed by atoms with Crippen molar-refractivity contribution in [2.24, 2.45) is 0 Å². The van der Waals surface area contributed by atoms with Crippen LogP contribution in [-0.2, 0) is 4.79 Å². The molecule has 9 nitrogen and oxygen atoms in total. The Morgan fingerprint density at radius 3 is 2.53 bits per heavy atom. The van der Waals surface area contributed by atoms with Crippen molar-refractivity contribution in [2.45, 2.75) is 12.5 Å². The molecule has 1 amide bonds. The lowest BCUT2D eigenvalue weighted by Gasteiger charge is -2.12. The number of carboxylic acids is 1. The number of amides is 1. The number of carboxylic acid groups (broad SMARTS) is 1. The number of nitrogens with zero attached hydrogens (tertiary/aromatic N) is 2. The van der Waals surface area contributed by atoms with Gasteiger partial charge < -0.3 is 25.4 Å². The Labute approximate surface area is 170 Å². The number of hydrogen-bond acceptors (Lipinski definition) is 7. The van der Waals surface area contributed by atoms with Crippen LogP contribution in [0.1, 0.15) is 22.6 Å². The number of rotatable bonds is 7. The fourth-order valence-corrected chi connectivity index (χ4v) is 2.74. The Hall–Kier alpha value is -4.16. The molecule has 3 rings (SSSR count). The summed E-state index contributed by atoms with van der Waals surface area (Å²) in [6, 6.07) is 15.5. The van der Waals surface area contributed by atoms with E-state index in [1.165, 1.54) is 6.07 Å². The first-order valence-electron chi connectivity index (χ1n) is 8.89. The molecular weight excluding hydrogens is 390 g/mol. The molecule has 0 saturated carbocycles. The molecule has 0 fully saturated rings. The van der Waals surface area contributed by atoms with Gasteiger partial charge in [0.15, 0.2) is 17.5 Å². The smallest absolute Gasteiger partial charge is 0.332 e. The summed E-state index contributed by atoms with van der Waals surface area (Å²) in [6.07, 6.45) is -1.85. The maximum absolute atomic E-state index is 12.3. The zero-order chi connectivity index (χ0) is 21.7. The molecule has 1 atom stereocenters. The van der Waals surface area contributed by atoms with Crippen LogP contribution < -0.4 is 10.1 Å². The molecule has 0 aliphatic heterocycles. The maximum Gasteiger partial charge on any atom is 0.332 e. The summed E-state index contributed by atoms with van der Waals surface area (Å²) in [5.41, 5.74) is -0.461. The van der Waals surface area contributed by atoms with E-state index in [2.05, 4.69) is 10.3 Å². The fraction of sp³-hybridized carbons (Fsp3) is 0.143. The van der Waals surface area contributed by atoms with Gasteiger partial charge in [0, 0.05) is 23.7 Å². The Bertz CT molecular complexity index is 1140. The maximum atomic E-state index is 12.3. The van der Waals surface area contributed by atoms with Gasteiger partial charge >= 0.3 is 5.97 Å². The van der Waals surface area contributed by atoms with Gasteiger partial charge in [0.05, 0.1) is 0 Å². The highest BCUT2D eigenvalue weighted by atomic mass is 16.5. The largest absolute Gasteiger partial charge is 0.505 e. The number of ether oxygens (including phenoxy) is 1. The summed E-state index contributed by atoms with van der Waals surface area (Å²) in [6.45, 7) is -0.156. The van der Waals surface area contributed by atoms with Crippen molar-refractivity contribution in [1.29, 1.82) is 5.26 Å². The zero-order valence-corrected chi connectivity index (χ0v) is 15.6. The van der Waals surface area contributed by atoms with Crippen LogP contribution in [0, 0.1) is 11.3 Å². The Morgan fingerprint density at radius 1 is 1.13 bits per heavy atom. The topological polar surface area (TPSA) is 153 Å². The zero-order valence-electron chi connectivity index (χ0n) is 15.6. The van der Waals surface area contributed by atoms with E-state index in [4.69, 9.17) is 9.84 Å². The van der Waals surface area contributed by atoms with Crippen molar-refractivity contribution in [3.8, 4) is 23.3 Å². The normalized spacial score (nSPS) is 11.5. The summed E-state index contributed by atoms with van der Waals surface area (Å²) in [5, 5.41) is 40.8. The van der Waals surface area contributed by atoms with Gasteiger partial charge in [-0.25, -0.2) is 9.78 Å². The van der Waals surface area contributed by atoms with Crippen molar-refractivity contribution < 1.29 is 29.6 Å². The van der Waals surface area contributed by atoms with Crippen LogP contribution in [0.25, 0.3) is 10.8 Å². The molecule has 0 spiro atoms. The summed E-state index contributed by atoms with van der Waals surface area (Å²) in [4.78, 5) is 26.9. The summed E-state index contributed by atoms with van der Waals surface area (Å²) < 4.78 is 5.73. The lowest BCUT2D eigenvalue weighted by atomic mass is 10.1. The highest BCUT2D eigenvalue weighted by Gasteiger charge is 2.20. The molecule has 3 aromatic rings. The van der Waals surface area contributed by atoms with Crippen LogP contribution in [0.5, 0.6) is 17.2 Å². The first-order chi connectivity index (χ1) is 14.4. The monoisotopic (exact) mass is 407 g/mol. The number of hydrogen-bond donors (Lipinski definition) is 4. The third kappa shape index (κ3) is 4.45. The van der Waals surface area contributed by atoms with E-state index in [0.29, 0.717) is 16.9 Å². The summed E-state index contributed by atoms with van der Waals surface area (Å²) >= 11 is 0. The number of nitriles is 1. The van der Waals surface area contributed by atoms with Crippen molar-refractivity contribution in [2.75, 3.05) is 6.54 Å². The summed E-state index contributed by atoms with van der Waals surface area (Å²) in [5.74, 6) is -1.62. The van der Waals surface area contributed by atoms with Crippen LogP contribution in [0.4, 0.5) is 0 Å². The Morgan fingerprint density at radius 2 is 1.87 bits per heavy atom. The highest BCUT2D eigenvalue weighted by Crippen LogP contribution is 2.33. The van der Waals surface area contributed by atoms with E-state index >= 15 is 0 Å². The molecule has 1 unspecified atom stereocenters. The highest BCUT2D eigenvalue weighted by molar-refractivity contribution is 6.03. The van der Waals surface area contributed by atoms with Crippen LogP contribution in [0.3, 0.4) is 0 Å². The van der Waals surface area contributed by atoms with Gasteiger partial charge in [-0.2, -0.15) is 5.26 Å². The number of pyridine rings is 1. The molecule has 0 aliphatic rings. The lowest BCUT2D eigenvalue weighted by molar-refractivity contribution is -0.146. The number of aromatic nitrogens is 1. The van der Waals surface area contributed by atoms with E-state index in [1.54, 1.807) is 24.3 Å². The second-order valence-electron chi connectivity index (χ2n) is 6.29. The lowest BCUT2D eigenvalue weighted by Crippen LogP contribution is -2.30. The van der Waals surface area contributed by atoms with Crippen LogP contribution in [0.2, 0.25) is 0 Å². The van der Waals surface area contributed by atoms with Gasteiger partial charge in [0.2, 0.25) is 0 Å². The molecule has 9 heteroatoms. The minimum Gasteiger partial charge on any atom is -0.505 e. The standard InChI is InChI=1S/C21H17N3O6/c22-11-16-15-10-13(30-12-4-2-1-3-5-12)6-7-14(15)19(26)18(24-16)20(27)23-9-8-17(25)21(28)29/h1-7,10,17,25-26H,8-9H2,(H,23,27)(H,28,29). The van der Waals surface area contributed by atoms with E-state index in [-0.39, 0.29) is 29.7 Å².